The third-order valence-corrected chi connectivity index (χ3v) is 10.5. The van der Waals surface area contributed by atoms with Gasteiger partial charge in [0.1, 0.15) is 4.75 Å². The Hall–Kier alpha value is -3.11. The quantitative estimate of drug-likeness (QED) is 0.486. The summed E-state index contributed by atoms with van der Waals surface area (Å²) in [5, 5.41) is 2.40. The molecule has 2 saturated heterocycles. The van der Waals surface area contributed by atoms with Gasteiger partial charge in [0, 0.05) is 17.1 Å². The van der Waals surface area contributed by atoms with Crippen LogP contribution in [0.4, 0.5) is 35.5 Å². The number of hydrogen-bond donors (Lipinski definition) is 2. The van der Waals surface area contributed by atoms with Gasteiger partial charge in [-0.25, -0.2) is 17.6 Å². The second-order valence-corrected chi connectivity index (χ2v) is 12.4. The second-order valence-electron chi connectivity index (χ2n) is 9.79. The van der Waals surface area contributed by atoms with E-state index in [1.807, 2.05) is 0 Å². The zero-order chi connectivity index (χ0) is 30.2. The van der Waals surface area contributed by atoms with Gasteiger partial charge >= 0.3 is 24.1 Å². The Kier molecular flexibility index (Phi) is 6.78. The number of aryl methyl sites for hydroxylation is 1. The Morgan fingerprint density at radius 3 is 2.22 bits per heavy atom. The highest BCUT2D eigenvalue weighted by molar-refractivity contribution is 7.92. The number of amides is 2. The van der Waals surface area contributed by atoms with Crippen LogP contribution in [0.3, 0.4) is 0 Å². The van der Waals surface area contributed by atoms with Crippen LogP contribution in [0.25, 0.3) is 0 Å². The first kappa shape index (κ1) is 29.4. The monoisotopic (exact) mass is 629 g/mol. The molecule has 2 heterocycles. The van der Waals surface area contributed by atoms with Crippen molar-refractivity contribution in [3.8, 4) is 0 Å². The summed E-state index contributed by atoms with van der Waals surface area (Å²) >= 11 is 5.90. The minimum absolute atomic E-state index is 0.158. The molecule has 0 bridgehead atoms. The van der Waals surface area contributed by atoms with Crippen LogP contribution in [0, 0.1) is 0 Å². The number of sulfone groups is 1. The lowest BCUT2D eigenvalue weighted by atomic mass is 9.76. The van der Waals surface area contributed by atoms with Crippen LogP contribution in [0.2, 0.25) is 5.02 Å². The number of likely N-dealkylation sites (tertiary alicyclic amines) is 1. The lowest BCUT2D eigenvalue weighted by molar-refractivity contribution is -0.348. The van der Waals surface area contributed by atoms with Crippen molar-refractivity contribution in [3.05, 3.63) is 64.2 Å². The Balaban J connectivity index is 1.68. The number of fused-ring (bicyclic) bond motifs is 3. The number of carbonyl (C=O) groups is 2. The smallest absolute Gasteiger partial charge is 0.351 e. The van der Waals surface area contributed by atoms with Gasteiger partial charge in [0.2, 0.25) is 0 Å². The molecule has 0 spiro atoms. The fraction of sp³-hybridized carbons (Fsp3) is 0.417. The predicted octanol–water partition coefficient (Wildman–Crippen LogP) is 4.42. The number of nitrogens with one attached hydrogen (secondary N) is 2. The van der Waals surface area contributed by atoms with E-state index in [4.69, 9.17) is 11.6 Å². The van der Waals surface area contributed by atoms with E-state index in [9.17, 15) is 48.7 Å². The van der Waals surface area contributed by atoms with Crippen molar-refractivity contribution in [2.45, 2.75) is 59.1 Å². The number of benzene rings is 2. The van der Waals surface area contributed by atoms with Crippen molar-refractivity contribution < 1.29 is 53.6 Å². The molecule has 1 aliphatic carbocycles. The second kappa shape index (κ2) is 9.46. The average Bonchev–Trinajstić information content (AvgIpc) is 3.51. The third-order valence-electron chi connectivity index (χ3n) is 7.73. The number of rotatable bonds is 4. The zero-order valence-electron chi connectivity index (χ0n) is 20.4. The van der Waals surface area contributed by atoms with Crippen molar-refractivity contribution >= 4 is 33.4 Å². The number of nitrogens with zero attached hydrogens (tertiary/aromatic N) is 1. The largest absolute Gasteiger partial charge is 0.435 e. The van der Waals surface area contributed by atoms with Gasteiger partial charge in [0.15, 0.2) is 16.0 Å². The molecule has 2 amide bonds. The lowest BCUT2D eigenvalue weighted by Gasteiger charge is -2.43. The van der Waals surface area contributed by atoms with Crippen LogP contribution in [-0.2, 0) is 36.3 Å². The first-order valence-corrected chi connectivity index (χ1v) is 13.8. The van der Waals surface area contributed by atoms with Gasteiger partial charge in [0.05, 0.1) is 10.9 Å². The van der Waals surface area contributed by atoms with E-state index in [1.54, 1.807) is 0 Å². The van der Waals surface area contributed by atoms with Gasteiger partial charge in [-0.15, -0.1) is 5.48 Å². The first-order chi connectivity index (χ1) is 18.9. The molecule has 2 fully saturated rings. The molecule has 3 atom stereocenters. The molecule has 222 valence electrons. The SMILES string of the molecule is O=C1NC(C(=O)N2CCC3(S(=O)(=O)c4ccc(Cl)cc4)c4ccc(C(F)(C(F)(F)F)C(F)(F)F)cc4CCC23)NO1. The zero-order valence-corrected chi connectivity index (χ0v) is 22.0. The van der Waals surface area contributed by atoms with Gasteiger partial charge in [-0.1, -0.05) is 29.8 Å². The topological polar surface area (TPSA) is 105 Å². The number of alkyl halides is 7. The van der Waals surface area contributed by atoms with Crippen molar-refractivity contribution in [2.24, 2.45) is 0 Å². The summed E-state index contributed by atoms with van der Waals surface area (Å²) in [6, 6.07) is 5.19. The van der Waals surface area contributed by atoms with Crippen LogP contribution in [0.15, 0.2) is 47.4 Å². The first-order valence-electron chi connectivity index (χ1n) is 11.9. The van der Waals surface area contributed by atoms with Crippen molar-refractivity contribution in [2.75, 3.05) is 6.54 Å². The Morgan fingerprint density at radius 1 is 1.02 bits per heavy atom. The maximum atomic E-state index is 14.9. The summed E-state index contributed by atoms with van der Waals surface area (Å²) in [5.41, 5.74) is -5.68. The average molecular weight is 630 g/mol. The van der Waals surface area contributed by atoms with Crippen LogP contribution >= 0.6 is 11.6 Å². The molecule has 2 aliphatic heterocycles. The summed E-state index contributed by atoms with van der Waals surface area (Å²) < 4.78 is 122. The molecule has 41 heavy (non-hydrogen) atoms. The van der Waals surface area contributed by atoms with Gasteiger partial charge in [-0.3, -0.25) is 10.1 Å². The molecule has 5 rings (SSSR count). The molecule has 3 aliphatic rings. The molecule has 8 nitrogen and oxygen atoms in total. The summed E-state index contributed by atoms with van der Waals surface area (Å²) in [6.07, 6.45) is -15.8. The van der Waals surface area contributed by atoms with Crippen LogP contribution in [-0.4, -0.2) is 56.4 Å². The van der Waals surface area contributed by atoms with E-state index in [2.05, 4.69) is 15.6 Å². The van der Waals surface area contributed by atoms with E-state index in [-0.39, 0.29) is 52.9 Å². The van der Waals surface area contributed by atoms with Gasteiger partial charge < -0.3 is 9.74 Å². The Bertz CT molecular complexity index is 1500. The summed E-state index contributed by atoms with van der Waals surface area (Å²) in [6.45, 7) is -0.205. The Morgan fingerprint density at radius 2 is 1.66 bits per heavy atom. The highest BCUT2D eigenvalue weighted by atomic mass is 35.5. The molecular formula is C24H19ClF7N3O5S. The molecule has 0 radical (unpaired) electrons. The lowest BCUT2D eigenvalue weighted by Crippen LogP contribution is -2.56. The summed E-state index contributed by atoms with van der Waals surface area (Å²) in [5.74, 6) is -0.772. The Labute approximate surface area is 232 Å². The van der Waals surface area contributed by atoms with E-state index < -0.39 is 62.4 Å². The highest BCUT2D eigenvalue weighted by Gasteiger charge is 2.74. The number of carbonyl (C=O) groups excluding carboxylic acids is 2. The van der Waals surface area contributed by atoms with Crippen LogP contribution in [0.1, 0.15) is 29.5 Å². The maximum absolute atomic E-state index is 14.9. The van der Waals surface area contributed by atoms with Crippen LogP contribution in [0.5, 0.6) is 0 Å². The number of hydrogen-bond acceptors (Lipinski definition) is 6. The van der Waals surface area contributed by atoms with Crippen molar-refractivity contribution in [1.82, 2.24) is 15.7 Å². The van der Waals surface area contributed by atoms with Gasteiger partial charge in [-0.05, 0) is 54.7 Å². The molecule has 3 unspecified atom stereocenters. The van der Waals surface area contributed by atoms with Gasteiger partial charge in [0.25, 0.3) is 5.91 Å². The van der Waals surface area contributed by atoms with E-state index in [0.29, 0.717) is 6.07 Å². The third kappa shape index (κ3) is 4.24. The maximum Gasteiger partial charge on any atom is 0.435 e. The molecular weight excluding hydrogens is 611 g/mol. The van der Waals surface area contributed by atoms with E-state index >= 15 is 0 Å². The predicted molar refractivity (Wildman–Crippen MR) is 127 cm³/mol. The molecule has 0 aromatic heterocycles. The molecule has 0 saturated carbocycles. The molecule has 2 aromatic rings. The fourth-order valence-corrected chi connectivity index (χ4v) is 8.38. The summed E-state index contributed by atoms with van der Waals surface area (Å²) in [7, 11) is -4.53. The van der Waals surface area contributed by atoms with Crippen molar-refractivity contribution in [3.63, 3.8) is 0 Å². The number of hydroxylamine groups is 1. The van der Waals surface area contributed by atoms with Crippen LogP contribution < -0.4 is 10.8 Å². The fourth-order valence-electron chi connectivity index (χ4n) is 5.89. The van der Waals surface area contributed by atoms with Crippen molar-refractivity contribution in [1.29, 1.82) is 0 Å². The molecule has 2 aromatic carbocycles. The summed E-state index contributed by atoms with van der Waals surface area (Å²) in [4.78, 5) is 30.1. The number of halogens is 8. The molecule has 2 N–H and O–H groups in total. The highest BCUT2D eigenvalue weighted by Crippen LogP contribution is 2.56. The normalized spacial score (nSPS) is 24.9. The molecule has 17 heteroatoms. The minimum atomic E-state index is -6.36. The van der Waals surface area contributed by atoms with Gasteiger partial charge in [-0.2, -0.15) is 26.3 Å². The van der Waals surface area contributed by atoms with E-state index in [0.717, 1.165) is 6.07 Å². The standard InChI is InChI=1S/C24H19ClF7N3O5S/c25-14-3-5-15(6-4-14)41(38,39)21-9-10-35(19(36)18-33-20(37)40-34-18)17(21)8-1-12-11-13(2-7-16(12)21)22(26,23(27,28)29)24(30,31)32/h2-7,11,17-18,34H,1,8-10H2,(H,33,37). The minimum Gasteiger partial charge on any atom is -0.351 e. The van der Waals surface area contributed by atoms with E-state index in [1.165, 1.54) is 29.2 Å².